The molecule has 0 amide bonds. The van der Waals surface area contributed by atoms with Gasteiger partial charge < -0.3 is 15.7 Å². The number of nitrogens with zero attached hydrogens (tertiary/aromatic N) is 2. The predicted octanol–water partition coefficient (Wildman–Crippen LogP) is 1.73. The second-order valence-corrected chi connectivity index (χ2v) is 6.63. The van der Waals surface area contributed by atoms with Gasteiger partial charge in [-0.2, -0.15) is 0 Å². The van der Waals surface area contributed by atoms with Gasteiger partial charge in [-0.3, -0.25) is 4.79 Å². The highest BCUT2D eigenvalue weighted by molar-refractivity contribution is 7.07. The molecule has 8 heteroatoms. The predicted molar refractivity (Wildman–Crippen MR) is 85.5 cm³/mol. The quantitative estimate of drug-likeness (QED) is 0.506. The number of rotatable bonds is 4. The van der Waals surface area contributed by atoms with E-state index in [0.29, 0.717) is 24.0 Å². The molecule has 0 radical (unpaired) electrons. The van der Waals surface area contributed by atoms with Crippen molar-refractivity contribution in [1.82, 2.24) is 15.0 Å². The molecular weight excluding hydrogens is 288 g/mol. The summed E-state index contributed by atoms with van der Waals surface area (Å²) >= 11 is 1.14. The Bertz CT molecular complexity index is 685. The maximum absolute atomic E-state index is 11.1. The molecule has 0 aliphatic carbocycles. The van der Waals surface area contributed by atoms with E-state index in [9.17, 15) is 4.79 Å². The molecule has 0 bridgehead atoms. The largest absolute Gasteiger partial charge is 0.364 e. The molecule has 114 valence electrons. The van der Waals surface area contributed by atoms with Crippen LogP contribution in [-0.4, -0.2) is 15.0 Å². The minimum atomic E-state index is -0.188. The third-order valence-electron chi connectivity index (χ3n) is 2.97. The maximum atomic E-state index is 11.1. The zero-order chi connectivity index (χ0) is 15.6. The Morgan fingerprint density at radius 3 is 2.52 bits per heavy atom. The fraction of sp³-hybridized carbons (Fsp3) is 0.462. The zero-order valence-electron chi connectivity index (χ0n) is 12.6. The summed E-state index contributed by atoms with van der Waals surface area (Å²) in [7, 11) is 0. The average molecular weight is 308 g/mol. The zero-order valence-corrected chi connectivity index (χ0v) is 13.4. The number of anilines is 2. The number of nitrogens with two attached hydrogens (primary N) is 1. The van der Waals surface area contributed by atoms with Gasteiger partial charge in [0, 0.05) is 22.1 Å². The number of nitrogens with one attached hydrogen (secondary N) is 3. The topological polar surface area (TPSA) is 109 Å². The number of nitrogen functional groups attached to an aromatic ring is 1. The van der Waals surface area contributed by atoms with Gasteiger partial charge in [-0.15, -0.1) is 0 Å². The summed E-state index contributed by atoms with van der Waals surface area (Å²) in [5, 5.41) is 5.01. The van der Waals surface area contributed by atoms with Gasteiger partial charge in [0.25, 0.3) is 0 Å². The molecule has 5 N–H and O–H groups in total. The number of thiazole rings is 1. The second-order valence-electron chi connectivity index (χ2n) is 5.79. The van der Waals surface area contributed by atoms with E-state index < -0.39 is 0 Å². The molecule has 0 saturated heterocycles. The number of aromatic amines is 1. The lowest BCUT2D eigenvalue weighted by Gasteiger charge is -2.20. The second kappa shape index (κ2) is 5.82. The molecule has 0 saturated carbocycles. The Kier molecular flexibility index (Phi) is 4.29. The fourth-order valence-electron chi connectivity index (χ4n) is 1.74. The van der Waals surface area contributed by atoms with Crippen molar-refractivity contribution in [3.8, 4) is 0 Å². The van der Waals surface area contributed by atoms with E-state index in [-0.39, 0.29) is 10.3 Å². The number of hydrogen-bond donors (Lipinski definition) is 4. The van der Waals surface area contributed by atoms with Gasteiger partial charge in [0.2, 0.25) is 0 Å². The van der Waals surface area contributed by atoms with Gasteiger partial charge in [0.05, 0.1) is 6.54 Å². The van der Waals surface area contributed by atoms with E-state index >= 15 is 0 Å². The van der Waals surface area contributed by atoms with Crippen molar-refractivity contribution in [2.24, 2.45) is 5.84 Å². The van der Waals surface area contributed by atoms with Crippen molar-refractivity contribution >= 4 is 23.0 Å². The van der Waals surface area contributed by atoms with Crippen LogP contribution < -0.4 is 21.5 Å². The highest BCUT2D eigenvalue weighted by Gasteiger charge is 2.21. The lowest BCUT2D eigenvalue weighted by molar-refractivity contribution is 0.546. The standard InChI is InChI=1S/C13H20N6OS/c1-7-9(15-5-8-6-21-12(20)16-8)17-11(13(2,3)4)18-10(7)19-14/h6H,5,14H2,1-4H3,(H,16,20)(H2,15,17,18,19). The third-order valence-corrected chi connectivity index (χ3v) is 3.69. The fourth-order valence-corrected chi connectivity index (χ4v) is 2.33. The van der Waals surface area contributed by atoms with Crippen LogP contribution >= 0.6 is 11.3 Å². The van der Waals surface area contributed by atoms with Crippen molar-refractivity contribution < 1.29 is 0 Å². The first-order chi connectivity index (χ1) is 9.81. The summed E-state index contributed by atoms with van der Waals surface area (Å²) in [6.45, 7) is 8.50. The first-order valence-electron chi connectivity index (χ1n) is 6.57. The van der Waals surface area contributed by atoms with Gasteiger partial charge in [0.15, 0.2) is 0 Å². The van der Waals surface area contributed by atoms with Crippen molar-refractivity contribution in [3.05, 3.63) is 32.1 Å². The van der Waals surface area contributed by atoms with Gasteiger partial charge in [0.1, 0.15) is 17.5 Å². The Morgan fingerprint density at radius 1 is 1.33 bits per heavy atom. The molecule has 2 aromatic heterocycles. The van der Waals surface area contributed by atoms with Crippen LogP contribution in [0.4, 0.5) is 11.6 Å². The Morgan fingerprint density at radius 2 is 2.00 bits per heavy atom. The number of H-pyrrole nitrogens is 1. The van der Waals surface area contributed by atoms with E-state index in [1.807, 2.05) is 27.7 Å². The van der Waals surface area contributed by atoms with Crippen molar-refractivity contribution in [2.75, 3.05) is 10.7 Å². The van der Waals surface area contributed by atoms with Crippen LogP contribution in [0, 0.1) is 6.92 Å². The SMILES string of the molecule is Cc1c(NN)nc(C(C)(C)C)nc1NCc1csc(=O)[nH]1. The summed E-state index contributed by atoms with van der Waals surface area (Å²) < 4.78 is 0. The molecule has 0 aliphatic heterocycles. The van der Waals surface area contributed by atoms with Crippen LogP contribution in [0.1, 0.15) is 37.9 Å². The van der Waals surface area contributed by atoms with Crippen molar-refractivity contribution in [1.29, 1.82) is 0 Å². The number of hydrazine groups is 1. The van der Waals surface area contributed by atoms with Crippen LogP contribution in [0.15, 0.2) is 10.2 Å². The molecule has 2 rings (SSSR count). The summed E-state index contributed by atoms with van der Waals surface area (Å²) in [6, 6.07) is 0. The Hall–Kier alpha value is -1.93. The van der Waals surface area contributed by atoms with E-state index in [0.717, 1.165) is 22.6 Å². The van der Waals surface area contributed by atoms with Crippen LogP contribution in [0.25, 0.3) is 0 Å². The Labute approximate surface area is 127 Å². The van der Waals surface area contributed by atoms with Crippen LogP contribution in [-0.2, 0) is 12.0 Å². The van der Waals surface area contributed by atoms with Gasteiger partial charge in [-0.25, -0.2) is 15.8 Å². The number of aromatic nitrogens is 3. The first kappa shape index (κ1) is 15.5. The molecule has 0 unspecified atom stereocenters. The highest BCUT2D eigenvalue weighted by Crippen LogP contribution is 2.26. The molecule has 2 heterocycles. The third kappa shape index (κ3) is 3.59. The molecule has 0 atom stereocenters. The Balaban J connectivity index is 2.30. The molecule has 2 aromatic rings. The monoisotopic (exact) mass is 308 g/mol. The molecule has 0 fully saturated rings. The van der Waals surface area contributed by atoms with E-state index in [4.69, 9.17) is 5.84 Å². The first-order valence-corrected chi connectivity index (χ1v) is 7.45. The average Bonchev–Trinajstić information content (AvgIpc) is 2.82. The summed E-state index contributed by atoms with van der Waals surface area (Å²) in [6.07, 6.45) is 0. The maximum Gasteiger partial charge on any atom is 0.304 e. The highest BCUT2D eigenvalue weighted by atomic mass is 32.1. The summed E-state index contributed by atoms with van der Waals surface area (Å²) in [5.74, 6) is 7.52. The summed E-state index contributed by atoms with van der Waals surface area (Å²) in [5.41, 5.74) is 4.07. The van der Waals surface area contributed by atoms with Crippen molar-refractivity contribution in [3.63, 3.8) is 0 Å². The van der Waals surface area contributed by atoms with Crippen LogP contribution in [0.5, 0.6) is 0 Å². The van der Waals surface area contributed by atoms with Crippen molar-refractivity contribution in [2.45, 2.75) is 39.7 Å². The number of hydrogen-bond acceptors (Lipinski definition) is 7. The van der Waals surface area contributed by atoms with Crippen LogP contribution in [0.2, 0.25) is 0 Å². The van der Waals surface area contributed by atoms with Crippen LogP contribution in [0.3, 0.4) is 0 Å². The molecule has 0 aliphatic rings. The van der Waals surface area contributed by atoms with E-state index in [1.165, 1.54) is 0 Å². The van der Waals surface area contributed by atoms with Gasteiger partial charge in [-0.1, -0.05) is 32.1 Å². The molecular formula is C13H20N6OS. The van der Waals surface area contributed by atoms with Gasteiger partial charge in [-0.05, 0) is 6.92 Å². The minimum absolute atomic E-state index is 0.0640. The van der Waals surface area contributed by atoms with Gasteiger partial charge >= 0.3 is 4.87 Å². The lowest BCUT2D eigenvalue weighted by atomic mass is 9.95. The van der Waals surface area contributed by atoms with E-state index in [1.54, 1.807) is 5.38 Å². The molecule has 0 spiro atoms. The molecule has 21 heavy (non-hydrogen) atoms. The lowest BCUT2D eigenvalue weighted by Crippen LogP contribution is -2.21. The molecule has 0 aromatic carbocycles. The smallest absolute Gasteiger partial charge is 0.304 e. The normalized spacial score (nSPS) is 11.5. The minimum Gasteiger partial charge on any atom is -0.364 e. The molecule has 7 nitrogen and oxygen atoms in total. The summed E-state index contributed by atoms with van der Waals surface area (Å²) in [4.78, 5) is 22.8. The van der Waals surface area contributed by atoms with E-state index in [2.05, 4.69) is 25.7 Å².